The molecule has 7 heteroatoms. The fraction of sp³-hybridized carbons (Fsp3) is 0.308. The van der Waals surface area contributed by atoms with Crippen LogP contribution < -0.4 is 4.74 Å². The molecule has 0 aromatic heterocycles. The Bertz CT molecular complexity index is 1770. The van der Waals surface area contributed by atoms with Crippen LogP contribution in [0.25, 0.3) is 0 Å². The number of aromatic hydroxyl groups is 3. The van der Waals surface area contributed by atoms with Crippen LogP contribution in [-0.2, 0) is 44.9 Å². The van der Waals surface area contributed by atoms with Gasteiger partial charge in [0.25, 0.3) is 0 Å². The van der Waals surface area contributed by atoms with Gasteiger partial charge in [0.2, 0.25) is 0 Å². The van der Waals surface area contributed by atoms with Crippen molar-refractivity contribution >= 4 is 0 Å². The zero-order chi connectivity index (χ0) is 32.6. The van der Waals surface area contributed by atoms with Gasteiger partial charge in [0.1, 0.15) is 23.0 Å². The first kappa shape index (κ1) is 32.0. The number of hydrogen-bond donors (Lipinski definition) is 3. The van der Waals surface area contributed by atoms with Gasteiger partial charge in [-0.3, -0.25) is 0 Å². The Kier molecular flexibility index (Phi) is 10.1. The van der Waals surface area contributed by atoms with Gasteiger partial charge in [-0.2, -0.15) is 15.8 Å². The number of nitrogens with zero attached hydrogens (tertiary/aromatic N) is 3. The average molecular weight is 612 g/mol. The molecule has 7 nitrogen and oxygen atoms in total. The van der Waals surface area contributed by atoms with Crippen molar-refractivity contribution < 1.29 is 20.1 Å². The Morgan fingerprint density at radius 2 is 0.913 bits per heavy atom. The highest BCUT2D eigenvalue weighted by atomic mass is 16.5. The quantitative estimate of drug-likeness (QED) is 0.157. The van der Waals surface area contributed by atoms with Crippen molar-refractivity contribution in [3.63, 3.8) is 0 Å². The number of hydrogen-bond acceptors (Lipinski definition) is 7. The molecule has 0 fully saturated rings. The predicted molar refractivity (Wildman–Crippen MR) is 175 cm³/mol. The highest BCUT2D eigenvalue weighted by Gasteiger charge is 2.21. The maximum absolute atomic E-state index is 11.6. The maximum atomic E-state index is 11.6. The van der Waals surface area contributed by atoms with Crippen LogP contribution in [0.1, 0.15) is 87.4 Å². The molecule has 0 amide bonds. The minimum absolute atomic E-state index is 0.0139. The molecule has 232 valence electrons. The molecule has 0 saturated heterocycles. The van der Waals surface area contributed by atoms with Crippen molar-refractivity contribution in [2.75, 3.05) is 6.61 Å². The van der Waals surface area contributed by atoms with Gasteiger partial charge >= 0.3 is 0 Å². The first-order valence-electron chi connectivity index (χ1n) is 15.7. The van der Waals surface area contributed by atoms with Crippen LogP contribution in [0.3, 0.4) is 0 Å². The largest absolute Gasteiger partial charge is 0.507 e. The Labute approximate surface area is 270 Å². The van der Waals surface area contributed by atoms with E-state index in [9.17, 15) is 31.1 Å². The zero-order valence-electron chi connectivity index (χ0n) is 26.1. The first-order chi connectivity index (χ1) is 22.3. The smallest absolute Gasteiger partial charge is 0.126 e. The lowest BCUT2D eigenvalue weighted by Gasteiger charge is -2.20. The normalized spacial score (nSPS) is 12.0. The van der Waals surface area contributed by atoms with Gasteiger partial charge in [0.15, 0.2) is 0 Å². The van der Waals surface area contributed by atoms with Gasteiger partial charge in [-0.1, -0.05) is 74.4 Å². The molecule has 4 aromatic carbocycles. The van der Waals surface area contributed by atoms with E-state index < -0.39 is 0 Å². The summed E-state index contributed by atoms with van der Waals surface area (Å²) in [4.78, 5) is 0. The van der Waals surface area contributed by atoms with Gasteiger partial charge in [0.05, 0.1) is 44.1 Å². The van der Waals surface area contributed by atoms with Crippen LogP contribution in [0.5, 0.6) is 23.0 Å². The number of phenols is 3. The van der Waals surface area contributed by atoms with E-state index in [1.54, 1.807) is 24.3 Å². The second-order valence-corrected chi connectivity index (χ2v) is 12.0. The molecule has 0 radical (unpaired) electrons. The number of phenolic OH excluding ortho intramolecular Hbond substituents is 3. The molecule has 1 aliphatic rings. The third-order valence-corrected chi connectivity index (χ3v) is 8.53. The number of ether oxygens (including phenoxy) is 1. The number of unbranched alkanes of at least 4 members (excludes halogenated alkanes) is 2. The highest BCUT2D eigenvalue weighted by molar-refractivity contribution is 5.57. The topological polar surface area (TPSA) is 141 Å². The molecule has 0 saturated carbocycles. The molecular weight excluding hydrogens is 574 g/mol. The van der Waals surface area contributed by atoms with Crippen molar-refractivity contribution in [1.82, 2.24) is 0 Å². The lowest BCUT2D eigenvalue weighted by Crippen LogP contribution is -2.07. The lowest BCUT2D eigenvalue weighted by molar-refractivity contribution is 0.301. The summed E-state index contributed by atoms with van der Waals surface area (Å²) in [6, 6.07) is 23.3. The fourth-order valence-corrected chi connectivity index (χ4v) is 6.33. The van der Waals surface area contributed by atoms with Gasteiger partial charge in [0, 0.05) is 25.7 Å². The molecular formula is C39H37N3O4. The molecule has 0 unspecified atom stereocenters. The number of fused-ring (bicyclic) bond motifs is 8. The van der Waals surface area contributed by atoms with Crippen LogP contribution in [0.2, 0.25) is 0 Å². The molecule has 0 aliphatic heterocycles. The molecule has 4 aromatic rings. The summed E-state index contributed by atoms with van der Waals surface area (Å²) in [5.74, 6) is 0.895. The van der Waals surface area contributed by atoms with E-state index in [-0.39, 0.29) is 49.4 Å². The monoisotopic (exact) mass is 611 g/mol. The summed E-state index contributed by atoms with van der Waals surface area (Å²) < 4.78 is 6.45. The van der Waals surface area contributed by atoms with E-state index >= 15 is 0 Å². The van der Waals surface area contributed by atoms with E-state index in [1.807, 2.05) is 30.3 Å². The lowest BCUT2D eigenvalue weighted by atomic mass is 9.88. The molecule has 1 aliphatic carbocycles. The Morgan fingerprint density at radius 3 is 1.24 bits per heavy atom. The van der Waals surface area contributed by atoms with Crippen molar-refractivity contribution in [3.8, 4) is 41.2 Å². The second kappa shape index (κ2) is 14.6. The first-order valence-corrected chi connectivity index (χ1v) is 15.7. The molecule has 0 heterocycles. The van der Waals surface area contributed by atoms with Gasteiger partial charge in [-0.25, -0.2) is 0 Å². The zero-order valence-corrected chi connectivity index (χ0v) is 26.1. The standard InChI is InChI=1S/C39H37N3O4/c1-2-3-4-14-46-39-28-6-5-7-29(39)22-31-16-26(9-12-41)18-33(37(31)44)24-35-20-27(10-13-42)19-34(38(35)45)23-32-17-25(8-11-40)15-30(21-28)36(32)43/h5-7,15-20,43-45H,2-4,8-10,14,21-24H2,1H3. The molecule has 0 spiro atoms. The van der Waals surface area contributed by atoms with Crippen molar-refractivity contribution in [1.29, 1.82) is 15.8 Å². The third kappa shape index (κ3) is 7.09. The van der Waals surface area contributed by atoms with E-state index in [4.69, 9.17) is 4.74 Å². The Balaban J connectivity index is 1.76. The SMILES string of the molecule is CCCCCOc1c2cccc1Cc1cc(CC#N)cc(c1O)Cc1cc(CC#N)cc(c1O)Cc1cc(CC#N)cc(c1O)C2. The van der Waals surface area contributed by atoms with Crippen LogP contribution >= 0.6 is 0 Å². The van der Waals surface area contributed by atoms with Crippen molar-refractivity contribution in [2.24, 2.45) is 0 Å². The average Bonchev–Trinajstić information content (AvgIpc) is 3.03. The summed E-state index contributed by atoms with van der Waals surface area (Å²) in [6.07, 6.45) is 4.42. The van der Waals surface area contributed by atoms with Gasteiger partial charge in [-0.05, 0) is 67.6 Å². The number of rotatable bonds is 8. The van der Waals surface area contributed by atoms with Crippen LogP contribution in [0, 0.1) is 34.0 Å². The summed E-state index contributed by atoms with van der Waals surface area (Å²) in [7, 11) is 0. The third-order valence-electron chi connectivity index (χ3n) is 8.53. The number of para-hydroxylation sites is 1. The Morgan fingerprint density at radius 1 is 0.565 bits per heavy atom. The van der Waals surface area contributed by atoms with Crippen molar-refractivity contribution in [2.45, 2.75) is 71.1 Å². The molecule has 8 bridgehead atoms. The van der Waals surface area contributed by atoms with E-state index in [0.29, 0.717) is 64.1 Å². The molecule has 3 N–H and O–H groups in total. The van der Waals surface area contributed by atoms with Crippen LogP contribution in [-0.4, -0.2) is 21.9 Å². The van der Waals surface area contributed by atoms with Crippen LogP contribution in [0.4, 0.5) is 0 Å². The minimum Gasteiger partial charge on any atom is -0.507 e. The van der Waals surface area contributed by atoms with E-state index in [2.05, 4.69) is 25.1 Å². The van der Waals surface area contributed by atoms with E-state index in [0.717, 1.165) is 41.5 Å². The van der Waals surface area contributed by atoms with Gasteiger partial charge in [-0.15, -0.1) is 0 Å². The minimum atomic E-state index is 0.0139. The predicted octanol–water partition coefficient (Wildman–Crippen LogP) is 7.25. The second-order valence-electron chi connectivity index (χ2n) is 12.0. The fourth-order valence-electron chi connectivity index (χ4n) is 6.33. The summed E-state index contributed by atoms with van der Waals surface area (Å²) in [6.45, 7) is 2.66. The van der Waals surface area contributed by atoms with Crippen molar-refractivity contribution in [3.05, 3.63) is 116 Å². The summed E-state index contributed by atoms with van der Waals surface area (Å²) in [5, 5.41) is 63.4. The Hall–Kier alpha value is -5.45. The number of benzene rings is 4. The molecule has 5 rings (SSSR count). The van der Waals surface area contributed by atoms with Gasteiger partial charge < -0.3 is 20.1 Å². The summed E-state index contributed by atoms with van der Waals surface area (Å²) in [5.41, 5.74) is 7.40. The maximum Gasteiger partial charge on any atom is 0.126 e. The molecule has 46 heavy (non-hydrogen) atoms. The number of nitriles is 3. The molecule has 0 atom stereocenters. The van der Waals surface area contributed by atoms with E-state index in [1.165, 1.54) is 0 Å². The highest BCUT2D eigenvalue weighted by Crippen LogP contribution is 2.39. The van der Waals surface area contributed by atoms with Crippen LogP contribution in [0.15, 0.2) is 54.6 Å². The summed E-state index contributed by atoms with van der Waals surface area (Å²) >= 11 is 0.